The molecule has 0 radical (unpaired) electrons. The van der Waals surface area contributed by atoms with Crippen molar-refractivity contribution in [2.45, 2.75) is 40.3 Å². The molecular weight excluding hydrogens is 340 g/mol. The summed E-state index contributed by atoms with van der Waals surface area (Å²) in [5.41, 5.74) is 1.61. The molecule has 0 aliphatic rings. The van der Waals surface area contributed by atoms with E-state index in [0.717, 1.165) is 16.9 Å². The quantitative estimate of drug-likeness (QED) is 0.750. The number of hydrogen-bond donors (Lipinski definition) is 2. The van der Waals surface area contributed by atoms with E-state index in [4.69, 9.17) is 4.74 Å². The highest BCUT2D eigenvalue weighted by molar-refractivity contribution is 5.82. The third kappa shape index (κ3) is 7.52. The Morgan fingerprint density at radius 3 is 2.33 bits per heavy atom. The normalized spacial score (nSPS) is 10.9. The maximum Gasteiger partial charge on any atom is 0.225 e. The van der Waals surface area contributed by atoms with Gasteiger partial charge in [-0.15, -0.1) is 0 Å². The SMILES string of the molecule is CC(C)(C)C(=O)NCCC(=O)NCc1cccc(COc2ccccc2)c1. The smallest absolute Gasteiger partial charge is 0.225 e. The van der Waals surface area contributed by atoms with Gasteiger partial charge in [-0.05, 0) is 23.3 Å². The predicted octanol–water partition coefficient (Wildman–Crippen LogP) is 3.43. The van der Waals surface area contributed by atoms with E-state index in [1.807, 2.05) is 75.4 Å². The van der Waals surface area contributed by atoms with Gasteiger partial charge in [0.1, 0.15) is 12.4 Å². The van der Waals surface area contributed by atoms with E-state index in [0.29, 0.717) is 19.7 Å². The fourth-order valence-electron chi connectivity index (χ4n) is 2.36. The fourth-order valence-corrected chi connectivity index (χ4v) is 2.36. The maximum absolute atomic E-state index is 12.0. The number of nitrogens with one attached hydrogen (secondary N) is 2. The Morgan fingerprint density at radius 2 is 1.63 bits per heavy atom. The zero-order valence-corrected chi connectivity index (χ0v) is 16.2. The average Bonchev–Trinajstić information content (AvgIpc) is 2.65. The van der Waals surface area contributed by atoms with E-state index in [1.54, 1.807) is 0 Å². The molecule has 0 spiro atoms. The van der Waals surface area contributed by atoms with Crippen LogP contribution >= 0.6 is 0 Å². The van der Waals surface area contributed by atoms with Gasteiger partial charge in [0.05, 0.1) is 0 Å². The zero-order chi connectivity index (χ0) is 19.7. The van der Waals surface area contributed by atoms with Crippen LogP contribution in [0.2, 0.25) is 0 Å². The van der Waals surface area contributed by atoms with E-state index in [1.165, 1.54) is 0 Å². The first-order chi connectivity index (χ1) is 12.8. The Morgan fingerprint density at radius 1 is 0.926 bits per heavy atom. The molecular formula is C22H28N2O3. The van der Waals surface area contributed by atoms with Gasteiger partial charge in [0.2, 0.25) is 11.8 Å². The number of hydrogen-bond acceptors (Lipinski definition) is 3. The number of rotatable bonds is 8. The molecule has 0 heterocycles. The lowest BCUT2D eigenvalue weighted by molar-refractivity contribution is -0.128. The summed E-state index contributed by atoms with van der Waals surface area (Å²) >= 11 is 0. The molecule has 0 fully saturated rings. The van der Waals surface area contributed by atoms with Crippen LogP contribution in [0.15, 0.2) is 54.6 Å². The predicted molar refractivity (Wildman–Crippen MR) is 106 cm³/mol. The molecule has 27 heavy (non-hydrogen) atoms. The molecule has 0 atom stereocenters. The number of para-hydroxylation sites is 1. The Kier molecular flexibility index (Phi) is 7.41. The van der Waals surface area contributed by atoms with Gasteiger partial charge >= 0.3 is 0 Å². The molecule has 2 amide bonds. The summed E-state index contributed by atoms with van der Waals surface area (Å²) < 4.78 is 5.75. The van der Waals surface area contributed by atoms with Crippen LogP contribution < -0.4 is 15.4 Å². The van der Waals surface area contributed by atoms with Crippen LogP contribution in [0.25, 0.3) is 0 Å². The largest absolute Gasteiger partial charge is 0.489 e. The number of carbonyl (C=O) groups is 2. The highest BCUT2D eigenvalue weighted by atomic mass is 16.5. The first kappa shape index (κ1) is 20.5. The summed E-state index contributed by atoms with van der Waals surface area (Å²) in [7, 11) is 0. The molecule has 2 rings (SSSR count). The van der Waals surface area contributed by atoms with Crippen LogP contribution in [0.3, 0.4) is 0 Å². The van der Waals surface area contributed by atoms with Crippen molar-refractivity contribution >= 4 is 11.8 Å². The van der Waals surface area contributed by atoms with E-state index >= 15 is 0 Å². The average molecular weight is 368 g/mol. The summed E-state index contributed by atoms with van der Waals surface area (Å²) in [6.07, 6.45) is 0.263. The molecule has 0 saturated heterocycles. The minimum Gasteiger partial charge on any atom is -0.489 e. The minimum absolute atomic E-state index is 0.0542. The molecule has 5 nitrogen and oxygen atoms in total. The molecule has 0 unspecified atom stereocenters. The highest BCUT2D eigenvalue weighted by Gasteiger charge is 2.20. The second-order valence-electron chi connectivity index (χ2n) is 7.45. The molecule has 2 aromatic carbocycles. The van der Waals surface area contributed by atoms with E-state index in [2.05, 4.69) is 10.6 Å². The number of carbonyl (C=O) groups excluding carboxylic acids is 2. The number of benzene rings is 2. The van der Waals surface area contributed by atoms with Crippen molar-refractivity contribution in [1.29, 1.82) is 0 Å². The van der Waals surface area contributed by atoms with Crippen molar-refractivity contribution in [2.24, 2.45) is 5.41 Å². The summed E-state index contributed by atoms with van der Waals surface area (Å²) in [5.74, 6) is 0.685. The lowest BCUT2D eigenvalue weighted by Gasteiger charge is -2.17. The number of amides is 2. The van der Waals surface area contributed by atoms with E-state index in [-0.39, 0.29) is 18.2 Å². The van der Waals surface area contributed by atoms with Crippen LogP contribution in [0.1, 0.15) is 38.3 Å². The zero-order valence-electron chi connectivity index (χ0n) is 16.2. The molecule has 0 aromatic heterocycles. The number of ether oxygens (including phenoxy) is 1. The van der Waals surface area contributed by atoms with Crippen LogP contribution in [-0.4, -0.2) is 18.4 Å². The first-order valence-electron chi connectivity index (χ1n) is 9.15. The summed E-state index contributed by atoms with van der Waals surface area (Å²) in [5, 5.41) is 5.66. The van der Waals surface area contributed by atoms with Gasteiger partial charge in [0.25, 0.3) is 0 Å². The summed E-state index contributed by atoms with van der Waals surface area (Å²) in [4.78, 5) is 23.7. The third-order valence-corrected chi connectivity index (χ3v) is 3.95. The van der Waals surface area contributed by atoms with Crippen LogP contribution in [-0.2, 0) is 22.7 Å². The van der Waals surface area contributed by atoms with E-state index in [9.17, 15) is 9.59 Å². The van der Waals surface area contributed by atoms with E-state index < -0.39 is 5.41 Å². The second kappa shape index (κ2) is 9.76. The lowest BCUT2D eigenvalue weighted by Crippen LogP contribution is -2.37. The standard InChI is InChI=1S/C22H28N2O3/c1-22(2,3)21(26)23-13-12-20(25)24-15-17-8-7-9-18(14-17)16-27-19-10-5-4-6-11-19/h4-11,14H,12-13,15-16H2,1-3H3,(H,23,26)(H,24,25). The monoisotopic (exact) mass is 368 g/mol. The summed E-state index contributed by atoms with van der Waals surface area (Å²) in [6, 6.07) is 17.6. The fraction of sp³-hybridized carbons (Fsp3) is 0.364. The minimum atomic E-state index is -0.446. The molecule has 2 N–H and O–H groups in total. The molecule has 0 aliphatic heterocycles. The maximum atomic E-state index is 12.0. The second-order valence-corrected chi connectivity index (χ2v) is 7.45. The third-order valence-electron chi connectivity index (χ3n) is 3.95. The molecule has 5 heteroatoms. The van der Waals surface area contributed by atoms with Gasteiger partial charge in [-0.3, -0.25) is 9.59 Å². The Balaban J connectivity index is 1.74. The Labute approximate surface area is 161 Å². The van der Waals surface area contributed by atoms with Crippen molar-refractivity contribution in [2.75, 3.05) is 6.54 Å². The van der Waals surface area contributed by atoms with Gasteiger partial charge in [0, 0.05) is 24.9 Å². The summed E-state index contributed by atoms with van der Waals surface area (Å²) in [6.45, 7) is 6.80. The highest BCUT2D eigenvalue weighted by Crippen LogP contribution is 2.13. The van der Waals surface area contributed by atoms with Gasteiger partial charge in [-0.25, -0.2) is 0 Å². The van der Waals surface area contributed by atoms with Crippen LogP contribution in [0.5, 0.6) is 5.75 Å². The Hall–Kier alpha value is -2.82. The topological polar surface area (TPSA) is 67.4 Å². The lowest BCUT2D eigenvalue weighted by atomic mass is 9.96. The van der Waals surface area contributed by atoms with Crippen molar-refractivity contribution in [3.8, 4) is 5.75 Å². The Bertz CT molecular complexity index is 752. The molecule has 0 bridgehead atoms. The van der Waals surface area contributed by atoms with Gasteiger partial charge in [0.15, 0.2) is 0 Å². The van der Waals surface area contributed by atoms with Crippen LogP contribution in [0.4, 0.5) is 0 Å². The van der Waals surface area contributed by atoms with Crippen molar-refractivity contribution in [3.05, 3.63) is 65.7 Å². The van der Waals surface area contributed by atoms with Gasteiger partial charge < -0.3 is 15.4 Å². The van der Waals surface area contributed by atoms with Gasteiger partial charge in [-0.1, -0.05) is 63.2 Å². The van der Waals surface area contributed by atoms with Crippen molar-refractivity contribution in [3.63, 3.8) is 0 Å². The van der Waals surface area contributed by atoms with Gasteiger partial charge in [-0.2, -0.15) is 0 Å². The molecule has 144 valence electrons. The molecule has 0 aliphatic carbocycles. The van der Waals surface area contributed by atoms with Crippen molar-refractivity contribution in [1.82, 2.24) is 10.6 Å². The molecule has 0 saturated carbocycles. The van der Waals surface area contributed by atoms with Crippen molar-refractivity contribution < 1.29 is 14.3 Å². The first-order valence-corrected chi connectivity index (χ1v) is 9.15. The molecule has 2 aromatic rings. The van der Waals surface area contributed by atoms with Crippen LogP contribution in [0, 0.1) is 5.41 Å².